The lowest BCUT2D eigenvalue weighted by atomic mass is 10.2. The van der Waals surface area contributed by atoms with Crippen molar-refractivity contribution in [3.63, 3.8) is 0 Å². The van der Waals surface area contributed by atoms with Gasteiger partial charge in [-0.1, -0.05) is 48.5 Å². The Kier molecular flexibility index (Phi) is 5.77. The van der Waals surface area contributed by atoms with Crippen LogP contribution in [0.5, 0.6) is 0 Å². The average molecular weight is 350 g/mol. The summed E-state index contributed by atoms with van der Waals surface area (Å²) in [7, 11) is 0. The number of ether oxygens (including phenoxy) is 1. The summed E-state index contributed by atoms with van der Waals surface area (Å²) >= 11 is 0. The van der Waals surface area contributed by atoms with Crippen molar-refractivity contribution in [2.24, 2.45) is 0 Å². The van der Waals surface area contributed by atoms with E-state index in [0.29, 0.717) is 11.6 Å². The molecular formula is C20H18N2O4. The average Bonchev–Trinajstić information content (AvgIpc) is 3.15. The number of aromatic nitrogens is 1. The summed E-state index contributed by atoms with van der Waals surface area (Å²) in [6.07, 6.45) is 1.47. The topological polar surface area (TPSA) is 81.4 Å². The van der Waals surface area contributed by atoms with Crippen LogP contribution in [0.3, 0.4) is 0 Å². The smallest absolute Gasteiger partial charge is 0.325 e. The first-order valence-corrected chi connectivity index (χ1v) is 8.17. The minimum Gasteiger partial charge on any atom is -0.460 e. The molecule has 3 aromatic rings. The molecule has 2 aromatic carbocycles. The maximum absolute atomic E-state index is 11.9. The lowest BCUT2D eigenvalue weighted by Crippen LogP contribution is -2.31. The molecule has 1 aromatic heterocycles. The van der Waals surface area contributed by atoms with Crippen LogP contribution in [0.25, 0.3) is 11.5 Å². The van der Waals surface area contributed by atoms with Gasteiger partial charge in [0.25, 0.3) is 0 Å². The fourth-order valence-electron chi connectivity index (χ4n) is 2.29. The van der Waals surface area contributed by atoms with Crippen molar-refractivity contribution in [1.29, 1.82) is 0 Å². The van der Waals surface area contributed by atoms with Crippen molar-refractivity contribution in [2.75, 3.05) is 6.54 Å². The van der Waals surface area contributed by atoms with Gasteiger partial charge in [0.2, 0.25) is 11.8 Å². The van der Waals surface area contributed by atoms with Crippen molar-refractivity contribution < 1.29 is 18.7 Å². The van der Waals surface area contributed by atoms with Gasteiger partial charge in [-0.15, -0.1) is 0 Å². The van der Waals surface area contributed by atoms with E-state index < -0.39 is 5.97 Å². The molecular weight excluding hydrogens is 332 g/mol. The molecule has 6 heteroatoms. The van der Waals surface area contributed by atoms with Gasteiger partial charge in [0, 0.05) is 5.56 Å². The van der Waals surface area contributed by atoms with E-state index >= 15 is 0 Å². The Balaban J connectivity index is 1.43. The molecule has 0 unspecified atom stereocenters. The molecule has 0 spiro atoms. The summed E-state index contributed by atoms with van der Waals surface area (Å²) in [5, 5.41) is 2.52. The van der Waals surface area contributed by atoms with E-state index in [2.05, 4.69) is 10.3 Å². The highest BCUT2D eigenvalue weighted by atomic mass is 16.5. The number of esters is 1. The van der Waals surface area contributed by atoms with E-state index in [1.54, 1.807) is 0 Å². The van der Waals surface area contributed by atoms with Crippen LogP contribution in [0.1, 0.15) is 11.3 Å². The Hall–Kier alpha value is -3.41. The van der Waals surface area contributed by atoms with Gasteiger partial charge in [-0.3, -0.25) is 9.59 Å². The van der Waals surface area contributed by atoms with Crippen LogP contribution >= 0.6 is 0 Å². The Labute approximate surface area is 150 Å². The molecule has 0 fully saturated rings. The number of benzene rings is 2. The van der Waals surface area contributed by atoms with Crippen molar-refractivity contribution >= 4 is 11.9 Å². The first-order chi connectivity index (χ1) is 12.7. The van der Waals surface area contributed by atoms with Crippen molar-refractivity contribution in [3.05, 3.63) is 78.2 Å². The minimum atomic E-state index is -0.493. The van der Waals surface area contributed by atoms with Crippen LogP contribution in [-0.4, -0.2) is 23.4 Å². The Morgan fingerprint density at radius 3 is 2.42 bits per heavy atom. The lowest BCUT2D eigenvalue weighted by Gasteiger charge is -2.06. The van der Waals surface area contributed by atoms with Crippen LogP contribution in [-0.2, 0) is 27.4 Å². The summed E-state index contributed by atoms with van der Waals surface area (Å²) in [4.78, 5) is 27.9. The predicted octanol–water partition coefficient (Wildman–Crippen LogP) is 2.74. The van der Waals surface area contributed by atoms with Gasteiger partial charge in [0.05, 0.1) is 12.1 Å². The van der Waals surface area contributed by atoms with Crippen molar-refractivity contribution in [2.45, 2.75) is 13.0 Å². The number of hydrogen-bond donors (Lipinski definition) is 1. The second kappa shape index (κ2) is 8.62. The molecule has 1 N–H and O–H groups in total. The van der Waals surface area contributed by atoms with Gasteiger partial charge in [0.15, 0.2) is 0 Å². The number of nitrogens with zero attached hydrogens (tertiary/aromatic N) is 1. The second-order valence-corrected chi connectivity index (χ2v) is 5.61. The number of rotatable bonds is 7. The fraction of sp³-hybridized carbons (Fsp3) is 0.150. The lowest BCUT2D eigenvalue weighted by molar-refractivity contribution is -0.145. The Bertz CT molecular complexity index is 860. The third-order valence-electron chi connectivity index (χ3n) is 3.59. The summed E-state index contributed by atoms with van der Waals surface area (Å²) in [5.41, 5.74) is 2.23. The molecule has 0 aliphatic rings. The standard InChI is InChI=1S/C20H18N2O4/c23-18(21-12-19(24)25-13-15-7-3-1-4-8-15)11-17-14-26-20(22-17)16-9-5-2-6-10-16/h1-10,14H,11-13H2,(H,21,23). The second-order valence-electron chi connectivity index (χ2n) is 5.61. The number of hydrogen-bond acceptors (Lipinski definition) is 5. The molecule has 0 aliphatic heterocycles. The highest BCUT2D eigenvalue weighted by Gasteiger charge is 2.12. The Morgan fingerprint density at radius 1 is 1.00 bits per heavy atom. The Morgan fingerprint density at radius 2 is 1.69 bits per heavy atom. The molecule has 1 amide bonds. The fourth-order valence-corrected chi connectivity index (χ4v) is 2.29. The van der Waals surface area contributed by atoms with Gasteiger partial charge in [-0.25, -0.2) is 4.98 Å². The zero-order valence-corrected chi connectivity index (χ0v) is 14.1. The van der Waals surface area contributed by atoms with Gasteiger partial charge in [-0.05, 0) is 17.7 Å². The van der Waals surface area contributed by atoms with E-state index in [-0.39, 0.29) is 25.5 Å². The van der Waals surface area contributed by atoms with E-state index in [1.165, 1.54) is 6.26 Å². The molecule has 0 radical (unpaired) electrons. The van der Waals surface area contributed by atoms with Crippen LogP contribution in [0.4, 0.5) is 0 Å². The quantitative estimate of drug-likeness (QED) is 0.663. The molecule has 26 heavy (non-hydrogen) atoms. The van der Waals surface area contributed by atoms with E-state index in [9.17, 15) is 9.59 Å². The third-order valence-corrected chi connectivity index (χ3v) is 3.59. The van der Waals surface area contributed by atoms with E-state index in [0.717, 1.165) is 11.1 Å². The van der Waals surface area contributed by atoms with Gasteiger partial charge >= 0.3 is 5.97 Å². The number of amides is 1. The van der Waals surface area contributed by atoms with Crippen molar-refractivity contribution in [3.8, 4) is 11.5 Å². The summed E-state index contributed by atoms with van der Waals surface area (Å²) < 4.78 is 10.5. The maximum atomic E-state index is 11.9. The molecule has 0 saturated carbocycles. The van der Waals surface area contributed by atoms with Crippen molar-refractivity contribution in [1.82, 2.24) is 10.3 Å². The van der Waals surface area contributed by atoms with E-state index in [4.69, 9.17) is 9.15 Å². The largest absolute Gasteiger partial charge is 0.460 e. The van der Waals surface area contributed by atoms with Gasteiger partial charge < -0.3 is 14.5 Å². The SMILES string of the molecule is O=C(Cc1coc(-c2ccccc2)n1)NCC(=O)OCc1ccccc1. The normalized spacial score (nSPS) is 10.3. The molecule has 3 rings (SSSR count). The molecule has 1 heterocycles. The molecule has 0 atom stereocenters. The number of carbonyl (C=O) groups is 2. The van der Waals surface area contributed by atoms with Crippen LogP contribution in [0.15, 0.2) is 71.3 Å². The molecule has 132 valence electrons. The van der Waals surface area contributed by atoms with E-state index in [1.807, 2.05) is 60.7 Å². The minimum absolute atomic E-state index is 0.0301. The molecule has 0 aliphatic carbocycles. The number of nitrogens with one attached hydrogen (secondary N) is 1. The van der Waals surface area contributed by atoms with Crippen LogP contribution in [0.2, 0.25) is 0 Å². The predicted molar refractivity (Wildman–Crippen MR) is 94.9 cm³/mol. The zero-order valence-electron chi connectivity index (χ0n) is 14.1. The molecule has 0 bridgehead atoms. The van der Waals surface area contributed by atoms with Gasteiger partial charge in [0.1, 0.15) is 19.4 Å². The molecule has 0 saturated heterocycles. The summed E-state index contributed by atoms with van der Waals surface area (Å²) in [5.74, 6) is -0.363. The zero-order chi connectivity index (χ0) is 18.2. The highest BCUT2D eigenvalue weighted by Crippen LogP contribution is 2.17. The monoisotopic (exact) mass is 350 g/mol. The highest BCUT2D eigenvalue weighted by molar-refractivity contribution is 5.83. The first-order valence-electron chi connectivity index (χ1n) is 8.17. The number of carbonyl (C=O) groups excluding carboxylic acids is 2. The van der Waals surface area contributed by atoms with Crippen LogP contribution < -0.4 is 5.32 Å². The first kappa shape index (κ1) is 17.4. The molecule has 6 nitrogen and oxygen atoms in total. The summed E-state index contributed by atoms with van der Waals surface area (Å²) in [6, 6.07) is 18.8. The van der Waals surface area contributed by atoms with Crippen LogP contribution in [0, 0.1) is 0 Å². The number of oxazole rings is 1. The van der Waals surface area contributed by atoms with Gasteiger partial charge in [-0.2, -0.15) is 0 Å². The summed E-state index contributed by atoms with van der Waals surface area (Å²) in [6.45, 7) is -0.00563. The maximum Gasteiger partial charge on any atom is 0.325 e. The third kappa shape index (κ3) is 5.04.